The number of nitriles is 1. The second kappa shape index (κ2) is 4.83. The standard InChI is InChI=1S/C9H14N2O2/c1-7-3-4-8(13-7)9(12)11-6-2-5-10/h7-8H,2-4,6H2,1H3,(H,11,12). The van der Waals surface area contributed by atoms with Gasteiger partial charge in [0, 0.05) is 6.54 Å². The second-order valence-corrected chi connectivity index (χ2v) is 3.21. The van der Waals surface area contributed by atoms with Gasteiger partial charge in [0.1, 0.15) is 6.10 Å². The zero-order valence-electron chi connectivity index (χ0n) is 7.75. The summed E-state index contributed by atoms with van der Waals surface area (Å²) >= 11 is 0. The van der Waals surface area contributed by atoms with Crippen LogP contribution in [-0.4, -0.2) is 24.7 Å². The van der Waals surface area contributed by atoms with Gasteiger partial charge in [0.25, 0.3) is 0 Å². The first-order chi connectivity index (χ1) is 6.24. The minimum absolute atomic E-state index is 0.0837. The summed E-state index contributed by atoms with van der Waals surface area (Å²) in [4.78, 5) is 11.3. The Morgan fingerprint density at radius 3 is 3.00 bits per heavy atom. The van der Waals surface area contributed by atoms with Gasteiger partial charge in [-0.3, -0.25) is 4.79 Å². The highest BCUT2D eigenvalue weighted by atomic mass is 16.5. The average Bonchev–Trinajstić information content (AvgIpc) is 2.52. The van der Waals surface area contributed by atoms with Crippen LogP contribution in [0.1, 0.15) is 26.2 Å². The van der Waals surface area contributed by atoms with E-state index in [-0.39, 0.29) is 18.1 Å². The first-order valence-corrected chi connectivity index (χ1v) is 4.54. The van der Waals surface area contributed by atoms with E-state index in [0.717, 1.165) is 12.8 Å². The molecule has 2 atom stereocenters. The van der Waals surface area contributed by atoms with Crippen molar-refractivity contribution >= 4 is 5.91 Å². The largest absolute Gasteiger partial charge is 0.365 e. The molecule has 13 heavy (non-hydrogen) atoms. The van der Waals surface area contributed by atoms with Gasteiger partial charge < -0.3 is 10.1 Å². The minimum Gasteiger partial charge on any atom is -0.365 e. The molecule has 1 heterocycles. The molecule has 0 aromatic heterocycles. The van der Waals surface area contributed by atoms with Gasteiger partial charge >= 0.3 is 0 Å². The van der Waals surface area contributed by atoms with Crippen molar-refractivity contribution in [1.82, 2.24) is 5.32 Å². The lowest BCUT2D eigenvalue weighted by Gasteiger charge is -2.10. The normalized spacial score (nSPS) is 26.8. The fourth-order valence-corrected chi connectivity index (χ4v) is 1.35. The summed E-state index contributed by atoms with van der Waals surface area (Å²) in [7, 11) is 0. The highest BCUT2D eigenvalue weighted by Crippen LogP contribution is 2.18. The van der Waals surface area contributed by atoms with Crippen LogP contribution in [0.15, 0.2) is 0 Å². The highest BCUT2D eigenvalue weighted by molar-refractivity contribution is 5.80. The van der Waals surface area contributed by atoms with Gasteiger partial charge in [0.05, 0.1) is 18.6 Å². The molecule has 0 bridgehead atoms. The maximum Gasteiger partial charge on any atom is 0.249 e. The van der Waals surface area contributed by atoms with Crippen LogP contribution in [0.4, 0.5) is 0 Å². The number of ether oxygens (including phenoxy) is 1. The molecule has 0 aliphatic carbocycles. The van der Waals surface area contributed by atoms with Gasteiger partial charge in [0.2, 0.25) is 5.91 Å². The average molecular weight is 182 g/mol. The third kappa shape index (κ3) is 3.03. The van der Waals surface area contributed by atoms with Crippen LogP contribution in [0.2, 0.25) is 0 Å². The number of rotatable bonds is 3. The smallest absolute Gasteiger partial charge is 0.249 e. The zero-order chi connectivity index (χ0) is 9.68. The fraction of sp³-hybridized carbons (Fsp3) is 0.778. The molecular weight excluding hydrogens is 168 g/mol. The summed E-state index contributed by atoms with van der Waals surface area (Å²) < 4.78 is 5.36. The summed E-state index contributed by atoms with van der Waals surface area (Å²) in [5, 5.41) is 10.9. The summed E-state index contributed by atoms with van der Waals surface area (Å²) in [5.74, 6) is -0.0837. The van der Waals surface area contributed by atoms with E-state index in [1.165, 1.54) is 0 Å². The Kier molecular flexibility index (Phi) is 3.71. The quantitative estimate of drug-likeness (QED) is 0.649. The monoisotopic (exact) mass is 182 g/mol. The van der Waals surface area contributed by atoms with Crippen LogP contribution >= 0.6 is 0 Å². The lowest BCUT2D eigenvalue weighted by atomic mass is 10.2. The van der Waals surface area contributed by atoms with Gasteiger partial charge in [0.15, 0.2) is 0 Å². The third-order valence-electron chi connectivity index (χ3n) is 2.06. The Morgan fingerprint density at radius 2 is 2.46 bits per heavy atom. The molecule has 1 N–H and O–H groups in total. The molecule has 72 valence electrons. The number of hydrogen-bond donors (Lipinski definition) is 1. The van der Waals surface area contributed by atoms with E-state index < -0.39 is 0 Å². The topological polar surface area (TPSA) is 62.1 Å². The molecule has 1 fully saturated rings. The van der Waals surface area contributed by atoms with E-state index in [2.05, 4.69) is 5.32 Å². The molecule has 1 aliphatic heterocycles. The Labute approximate surface area is 77.9 Å². The number of nitrogens with one attached hydrogen (secondary N) is 1. The molecule has 1 saturated heterocycles. The Hall–Kier alpha value is -1.08. The zero-order valence-corrected chi connectivity index (χ0v) is 7.75. The molecule has 0 saturated carbocycles. The summed E-state index contributed by atoms with van der Waals surface area (Å²) in [6.45, 7) is 2.38. The fourth-order valence-electron chi connectivity index (χ4n) is 1.35. The number of carbonyl (C=O) groups is 1. The predicted octanol–water partition coefficient (Wildman–Crippen LogP) is 0.584. The van der Waals surface area contributed by atoms with Gasteiger partial charge in [-0.15, -0.1) is 0 Å². The van der Waals surface area contributed by atoms with Crippen molar-refractivity contribution in [3.8, 4) is 6.07 Å². The minimum atomic E-state index is -0.298. The van der Waals surface area contributed by atoms with Crippen LogP contribution in [0.25, 0.3) is 0 Å². The summed E-state index contributed by atoms with van der Waals surface area (Å²) in [5.41, 5.74) is 0. The molecule has 0 aromatic carbocycles. The molecule has 1 aliphatic rings. The second-order valence-electron chi connectivity index (χ2n) is 3.21. The number of nitrogens with zero attached hydrogens (tertiary/aromatic N) is 1. The van der Waals surface area contributed by atoms with Crippen molar-refractivity contribution in [3.63, 3.8) is 0 Å². The Bertz CT molecular complexity index is 222. The molecule has 1 amide bonds. The van der Waals surface area contributed by atoms with Crippen molar-refractivity contribution in [2.24, 2.45) is 0 Å². The molecular formula is C9H14N2O2. The van der Waals surface area contributed by atoms with Gasteiger partial charge in [-0.2, -0.15) is 5.26 Å². The number of carbonyl (C=O) groups excluding carboxylic acids is 1. The first-order valence-electron chi connectivity index (χ1n) is 4.54. The molecule has 4 heteroatoms. The summed E-state index contributed by atoms with van der Waals surface area (Å²) in [6.07, 6.45) is 1.98. The molecule has 0 spiro atoms. The van der Waals surface area contributed by atoms with Gasteiger partial charge in [-0.1, -0.05) is 0 Å². The molecule has 2 unspecified atom stereocenters. The predicted molar refractivity (Wildman–Crippen MR) is 46.8 cm³/mol. The Morgan fingerprint density at radius 1 is 1.69 bits per heavy atom. The summed E-state index contributed by atoms with van der Waals surface area (Å²) in [6, 6.07) is 1.97. The van der Waals surface area contributed by atoms with E-state index in [9.17, 15) is 4.79 Å². The lowest BCUT2D eigenvalue weighted by Crippen LogP contribution is -2.35. The van der Waals surface area contributed by atoms with Crippen LogP contribution in [0.3, 0.4) is 0 Å². The van der Waals surface area contributed by atoms with E-state index in [1.54, 1.807) is 0 Å². The van der Waals surface area contributed by atoms with Crippen molar-refractivity contribution < 1.29 is 9.53 Å². The lowest BCUT2D eigenvalue weighted by molar-refractivity contribution is -0.131. The third-order valence-corrected chi connectivity index (χ3v) is 2.06. The van der Waals surface area contributed by atoms with Crippen LogP contribution in [-0.2, 0) is 9.53 Å². The number of hydrogen-bond acceptors (Lipinski definition) is 3. The SMILES string of the molecule is CC1CCC(C(=O)NCCC#N)O1. The Balaban J connectivity index is 2.21. The highest BCUT2D eigenvalue weighted by Gasteiger charge is 2.27. The van der Waals surface area contributed by atoms with Gasteiger partial charge in [-0.05, 0) is 19.8 Å². The van der Waals surface area contributed by atoms with Crippen molar-refractivity contribution in [2.45, 2.75) is 38.4 Å². The van der Waals surface area contributed by atoms with Crippen molar-refractivity contribution in [1.29, 1.82) is 5.26 Å². The van der Waals surface area contributed by atoms with Crippen LogP contribution in [0, 0.1) is 11.3 Å². The van der Waals surface area contributed by atoms with E-state index in [1.807, 2.05) is 13.0 Å². The maximum absolute atomic E-state index is 11.3. The molecule has 4 nitrogen and oxygen atoms in total. The van der Waals surface area contributed by atoms with Crippen LogP contribution in [0.5, 0.6) is 0 Å². The first kappa shape index (κ1) is 10.0. The van der Waals surface area contributed by atoms with E-state index >= 15 is 0 Å². The number of amides is 1. The molecule has 0 aromatic rings. The molecule has 0 radical (unpaired) electrons. The van der Waals surface area contributed by atoms with Crippen molar-refractivity contribution in [3.05, 3.63) is 0 Å². The molecule has 1 rings (SSSR count). The van der Waals surface area contributed by atoms with Crippen molar-refractivity contribution in [2.75, 3.05) is 6.54 Å². The van der Waals surface area contributed by atoms with E-state index in [0.29, 0.717) is 13.0 Å². The maximum atomic E-state index is 11.3. The van der Waals surface area contributed by atoms with Crippen LogP contribution < -0.4 is 5.32 Å². The van der Waals surface area contributed by atoms with Gasteiger partial charge in [-0.25, -0.2) is 0 Å². The van der Waals surface area contributed by atoms with E-state index in [4.69, 9.17) is 10.00 Å².